The molecular formula is C18H12Cl2N4O2S. The summed E-state index contributed by atoms with van der Waals surface area (Å²) in [6, 6.07) is 10.4. The fourth-order valence-electron chi connectivity index (χ4n) is 2.45. The van der Waals surface area contributed by atoms with Crippen molar-refractivity contribution in [3.05, 3.63) is 80.3 Å². The van der Waals surface area contributed by atoms with Gasteiger partial charge in [-0.25, -0.2) is 9.97 Å². The van der Waals surface area contributed by atoms with Gasteiger partial charge in [-0.15, -0.1) is 11.3 Å². The molecule has 0 fully saturated rings. The highest BCUT2D eigenvalue weighted by molar-refractivity contribution is 7.15. The number of para-hydroxylation sites is 2. The molecule has 4 rings (SSSR count). The van der Waals surface area contributed by atoms with Crippen molar-refractivity contribution in [3.8, 4) is 11.6 Å². The van der Waals surface area contributed by atoms with Crippen LogP contribution in [-0.2, 0) is 6.54 Å². The molecule has 0 saturated carbocycles. The highest BCUT2D eigenvalue weighted by Crippen LogP contribution is 2.33. The van der Waals surface area contributed by atoms with Crippen molar-refractivity contribution in [2.45, 2.75) is 6.54 Å². The van der Waals surface area contributed by atoms with Crippen LogP contribution in [0.5, 0.6) is 11.6 Å². The zero-order valence-corrected chi connectivity index (χ0v) is 16.1. The lowest BCUT2D eigenvalue weighted by molar-refractivity contribution is 0.465. The first-order chi connectivity index (χ1) is 13.1. The summed E-state index contributed by atoms with van der Waals surface area (Å²) in [6.07, 6.45) is 3.17. The van der Waals surface area contributed by atoms with E-state index in [0.717, 1.165) is 5.69 Å². The van der Waals surface area contributed by atoms with Crippen LogP contribution in [-0.4, -0.2) is 14.4 Å². The number of thiazole rings is 1. The Morgan fingerprint density at radius 2 is 2.07 bits per heavy atom. The normalized spacial score (nSPS) is 10.9. The first-order valence-corrected chi connectivity index (χ1v) is 9.51. The van der Waals surface area contributed by atoms with Crippen LogP contribution in [0.15, 0.2) is 59.0 Å². The van der Waals surface area contributed by atoms with Gasteiger partial charge in [0.2, 0.25) is 5.88 Å². The number of anilines is 1. The van der Waals surface area contributed by atoms with Crippen LogP contribution in [0.4, 0.5) is 5.69 Å². The quantitative estimate of drug-likeness (QED) is 0.500. The van der Waals surface area contributed by atoms with Crippen LogP contribution in [0.3, 0.4) is 0 Å². The summed E-state index contributed by atoms with van der Waals surface area (Å²) >= 11 is 13.4. The van der Waals surface area contributed by atoms with Crippen molar-refractivity contribution in [1.29, 1.82) is 0 Å². The van der Waals surface area contributed by atoms with Gasteiger partial charge in [-0.3, -0.25) is 9.20 Å². The number of hydrogen-bond donors (Lipinski definition) is 1. The Morgan fingerprint density at radius 3 is 2.93 bits per heavy atom. The van der Waals surface area contributed by atoms with E-state index in [2.05, 4.69) is 15.3 Å². The van der Waals surface area contributed by atoms with Crippen molar-refractivity contribution in [2.24, 2.45) is 0 Å². The van der Waals surface area contributed by atoms with Crippen molar-refractivity contribution in [1.82, 2.24) is 14.4 Å². The van der Waals surface area contributed by atoms with Gasteiger partial charge in [0.25, 0.3) is 5.56 Å². The third-order valence-electron chi connectivity index (χ3n) is 3.68. The van der Waals surface area contributed by atoms with E-state index in [4.69, 9.17) is 27.9 Å². The molecule has 1 aromatic carbocycles. The molecule has 9 heteroatoms. The first kappa shape index (κ1) is 17.8. The lowest BCUT2D eigenvalue weighted by Crippen LogP contribution is -2.14. The molecule has 1 N–H and O–H groups in total. The Hall–Kier alpha value is -2.61. The molecule has 0 aliphatic carbocycles. The number of nitrogens with one attached hydrogen (secondary N) is 1. The lowest BCUT2D eigenvalue weighted by Gasteiger charge is -2.13. The predicted octanol–water partition coefficient (Wildman–Crippen LogP) is 4.86. The summed E-state index contributed by atoms with van der Waals surface area (Å²) < 4.78 is 7.33. The number of fused-ring (bicyclic) bond motifs is 1. The van der Waals surface area contributed by atoms with Crippen LogP contribution < -0.4 is 15.6 Å². The molecule has 0 spiro atoms. The summed E-state index contributed by atoms with van der Waals surface area (Å²) in [6.45, 7) is 0.367. The van der Waals surface area contributed by atoms with Crippen molar-refractivity contribution in [2.75, 3.05) is 5.32 Å². The molecule has 0 amide bonds. The summed E-state index contributed by atoms with van der Waals surface area (Å²) in [5.74, 6) is 0.801. The molecule has 3 heterocycles. The minimum absolute atomic E-state index is 0.111. The predicted molar refractivity (Wildman–Crippen MR) is 107 cm³/mol. The molecule has 3 aromatic heterocycles. The van der Waals surface area contributed by atoms with Crippen LogP contribution in [0.1, 0.15) is 5.69 Å². The van der Waals surface area contributed by atoms with E-state index < -0.39 is 0 Å². The molecule has 0 atom stereocenters. The summed E-state index contributed by atoms with van der Waals surface area (Å²) in [4.78, 5) is 21.3. The second-order valence-electron chi connectivity index (χ2n) is 5.53. The van der Waals surface area contributed by atoms with Crippen LogP contribution in [0, 0.1) is 0 Å². The highest BCUT2D eigenvalue weighted by Gasteiger charge is 2.10. The number of pyridine rings is 1. The number of halogens is 2. The zero-order valence-electron chi connectivity index (χ0n) is 13.7. The average molecular weight is 419 g/mol. The standard InChI is InChI=1S/C18H12Cl2N4O2S/c19-11-7-13(20)17(22-9-11)26-15-4-2-1-3-14(15)21-10-12-8-16(25)24-5-6-27-18(24)23-12/h1-9,21H,10H2. The molecule has 0 saturated heterocycles. The Kier molecular flexibility index (Phi) is 4.98. The van der Waals surface area contributed by atoms with E-state index >= 15 is 0 Å². The number of ether oxygens (including phenoxy) is 1. The van der Waals surface area contributed by atoms with Gasteiger partial charge in [-0.05, 0) is 18.2 Å². The van der Waals surface area contributed by atoms with Gasteiger partial charge in [-0.1, -0.05) is 35.3 Å². The van der Waals surface area contributed by atoms with Gasteiger partial charge < -0.3 is 10.1 Å². The topological polar surface area (TPSA) is 68.5 Å². The maximum Gasteiger partial charge on any atom is 0.258 e. The van der Waals surface area contributed by atoms with Crippen LogP contribution in [0.25, 0.3) is 4.96 Å². The fraction of sp³-hybridized carbons (Fsp3) is 0.0556. The van der Waals surface area contributed by atoms with Gasteiger partial charge in [0.05, 0.1) is 22.9 Å². The zero-order chi connectivity index (χ0) is 18.8. The van der Waals surface area contributed by atoms with Crippen LogP contribution >= 0.6 is 34.5 Å². The Labute approximate surface area is 168 Å². The smallest absolute Gasteiger partial charge is 0.258 e. The van der Waals surface area contributed by atoms with Crippen LogP contribution in [0.2, 0.25) is 10.0 Å². The minimum Gasteiger partial charge on any atom is -0.435 e. The average Bonchev–Trinajstić information content (AvgIpc) is 3.12. The van der Waals surface area contributed by atoms with Gasteiger partial charge in [-0.2, -0.15) is 0 Å². The van der Waals surface area contributed by atoms with Crippen molar-refractivity contribution >= 4 is 45.2 Å². The maximum atomic E-state index is 12.1. The first-order valence-electron chi connectivity index (χ1n) is 7.88. The Morgan fingerprint density at radius 1 is 1.22 bits per heavy atom. The Bertz CT molecular complexity index is 1180. The molecule has 6 nitrogen and oxygen atoms in total. The van der Waals surface area contributed by atoms with Gasteiger partial charge in [0.1, 0.15) is 5.02 Å². The van der Waals surface area contributed by atoms with E-state index in [0.29, 0.717) is 33.0 Å². The van der Waals surface area contributed by atoms with Crippen molar-refractivity contribution < 1.29 is 4.74 Å². The molecule has 0 unspecified atom stereocenters. The monoisotopic (exact) mass is 418 g/mol. The molecule has 0 aliphatic rings. The number of rotatable bonds is 5. The number of benzene rings is 1. The third-order valence-corrected chi connectivity index (χ3v) is 4.92. The largest absolute Gasteiger partial charge is 0.435 e. The molecule has 4 aromatic rings. The van der Waals surface area contributed by atoms with E-state index in [1.807, 2.05) is 23.6 Å². The molecule has 0 radical (unpaired) electrons. The SMILES string of the molecule is O=c1cc(CNc2ccccc2Oc2ncc(Cl)cc2Cl)nc2sccn12. The minimum atomic E-state index is -0.111. The van der Waals surface area contributed by atoms with Gasteiger partial charge in [0, 0.05) is 23.8 Å². The fourth-order valence-corrected chi connectivity index (χ4v) is 3.60. The molecule has 0 bridgehead atoms. The number of hydrogen-bond acceptors (Lipinski definition) is 6. The van der Waals surface area contributed by atoms with E-state index in [-0.39, 0.29) is 11.4 Å². The van der Waals surface area contributed by atoms with E-state index in [1.165, 1.54) is 28.0 Å². The third kappa shape index (κ3) is 3.90. The second-order valence-corrected chi connectivity index (χ2v) is 7.25. The second kappa shape index (κ2) is 7.56. The molecule has 27 heavy (non-hydrogen) atoms. The van der Waals surface area contributed by atoms with Crippen molar-refractivity contribution in [3.63, 3.8) is 0 Å². The molecular weight excluding hydrogens is 407 g/mol. The summed E-state index contributed by atoms with van der Waals surface area (Å²) in [5, 5.41) is 5.81. The number of aromatic nitrogens is 3. The van der Waals surface area contributed by atoms with Gasteiger partial charge >= 0.3 is 0 Å². The molecule has 136 valence electrons. The maximum absolute atomic E-state index is 12.1. The van der Waals surface area contributed by atoms with Gasteiger partial charge in [0.15, 0.2) is 10.7 Å². The Balaban J connectivity index is 1.56. The van der Waals surface area contributed by atoms with E-state index in [1.54, 1.807) is 18.3 Å². The number of nitrogens with zero attached hydrogens (tertiary/aromatic N) is 3. The highest BCUT2D eigenvalue weighted by atomic mass is 35.5. The summed E-state index contributed by atoms with van der Waals surface area (Å²) in [5.41, 5.74) is 1.25. The molecule has 0 aliphatic heterocycles. The summed E-state index contributed by atoms with van der Waals surface area (Å²) in [7, 11) is 0. The lowest BCUT2D eigenvalue weighted by atomic mass is 10.3. The van der Waals surface area contributed by atoms with E-state index in [9.17, 15) is 4.79 Å².